The van der Waals surface area contributed by atoms with Gasteiger partial charge in [0.1, 0.15) is 12.0 Å². The molecule has 0 bridgehead atoms. The van der Waals surface area contributed by atoms with Gasteiger partial charge in [-0.15, -0.1) is 0 Å². The monoisotopic (exact) mass is 281 g/mol. The van der Waals surface area contributed by atoms with Crippen LogP contribution in [0.3, 0.4) is 0 Å². The molecule has 0 aromatic carbocycles. The van der Waals surface area contributed by atoms with Gasteiger partial charge in [0, 0.05) is 6.54 Å². The largest absolute Gasteiger partial charge is 0.461 e. The van der Waals surface area contributed by atoms with Crippen molar-refractivity contribution in [2.45, 2.75) is 59.0 Å². The summed E-state index contributed by atoms with van der Waals surface area (Å²) in [6, 6.07) is 0. The lowest BCUT2D eigenvalue weighted by molar-refractivity contribution is -0.164. The summed E-state index contributed by atoms with van der Waals surface area (Å²) in [7, 11) is 0. The van der Waals surface area contributed by atoms with Crippen LogP contribution in [0.2, 0.25) is 0 Å². The van der Waals surface area contributed by atoms with Crippen LogP contribution < -0.4 is 5.32 Å². The van der Waals surface area contributed by atoms with Gasteiger partial charge in [0.15, 0.2) is 0 Å². The second kappa shape index (κ2) is 6.59. The standard InChI is InChI=1S/C16H27NO3/c1-10(2)12-7-6-11(3)9-14(12)20-16(19)13-5-4-8-17-15(13)18/h10-14H,4-9H2,1-3H3,(H,17,18). The van der Waals surface area contributed by atoms with Crippen molar-refractivity contribution >= 4 is 11.9 Å². The van der Waals surface area contributed by atoms with Crippen molar-refractivity contribution in [1.29, 1.82) is 0 Å². The van der Waals surface area contributed by atoms with E-state index in [9.17, 15) is 9.59 Å². The molecule has 2 fully saturated rings. The second-order valence-corrected chi connectivity index (χ2v) is 6.79. The Balaban J connectivity index is 1.98. The first-order valence-corrected chi connectivity index (χ1v) is 7.97. The SMILES string of the molecule is CC1CCC(C(C)C)C(OC(=O)C2CCCNC2=O)C1. The van der Waals surface area contributed by atoms with Crippen molar-refractivity contribution in [1.82, 2.24) is 5.32 Å². The van der Waals surface area contributed by atoms with Crippen molar-refractivity contribution in [3.05, 3.63) is 0 Å². The lowest BCUT2D eigenvalue weighted by Gasteiger charge is -2.37. The van der Waals surface area contributed by atoms with E-state index in [2.05, 4.69) is 26.1 Å². The first kappa shape index (κ1) is 15.3. The third-order valence-electron chi connectivity index (χ3n) is 4.80. The van der Waals surface area contributed by atoms with Crippen molar-refractivity contribution in [2.75, 3.05) is 6.54 Å². The van der Waals surface area contributed by atoms with Crippen LogP contribution in [0.4, 0.5) is 0 Å². The fourth-order valence-corrected chi connectivity index (χ4v) is 3.48. The average molecular weight is 281 g/mol. The van der Waals surface area contributed by atoms with E-state index in [0.717, 1.165) is 19.3 Å². The molecule has 1 saturated heterocycles. The number of hydrogen-bond donors (Lipinski definition) is 1. The zero-order valence-electron chi connectivity index (χ0n) is 12.9. The summed E-state index contributed by atoms with van der Waals surface area (Å²) in [6.45, 7) is 7.27. The third kappa shape index (κ3) is 3.53. The zero-order chi connectivity index (χ0) is 14.7. The van der Waals surface area contributed by atoms with Crippen LogP contribution in [0.1, 0.15) is 52.9 Å². The van der Waals surface area contributed by atoms with Crippen molar-refractivity contribution in [3.63, 3.8) is 0 Å². The summed E-state index contributed by atoms with van der Waals surface area (Å²) in [5.41, 5.74) is 0. The number of rotatable bonds is 3. The Morgan fingerprint density at radius 2 is 2.05 bits per heavy atom. The predicted octanol–water partition coefficient (Wildman–Crippen LogP) is 2.52. The van der Waals surface area contributed by atoms with Crippen molar-refractivity contribution in [3.8, 4) is 0 Å². The number of carbonyl (C=O) groups is 2. The molecule has 2 rings (SSSR count). The van der Waals surface area contributed by atoms with E-state index < -0.39 is 5.92 Å². The van der Waals surface area contributed by atoms with Crippen molar-refractivity contribution < 1.29 is 14.3 Å². The van der Waals surface area contributed by atoms with Gasteiger partial charge in [0.05, 0.1) is 0 Å². The van der Waals surface area contributed by atoms with E-state index in [1.54, 1.807) is 0 Å². The van der Waals surface area contributed by atoms with Crippen LogP contribution in [-0.4, -0.2) is 24.5 Å². The number of hydrogen-bond acceptors (Lipinski definition) is 3. The molecule has 20 heavy (non-hydrogen) atoms. The summed E-state index contributed by atoms with van der Waals surface area (Å²) in [5.74, 6) is 0.484. The Morgan fingerprint density at radius 1 is 1.30 bits per heavy atom. The molecule has 4 nitrogen and oxygen atoms in total. The minimum absolute atomic E-state index is 0.0130. The van der Waals surface area contributed by atoms with Crippen LogP contribution in [0.15, 0.2) is 0 Å². The molecular formula is C16H27NO3. The zero-order valence-corrected chi connectivity index (χ0v) is 12.9. The summed E-state index contributed by atoms with van der Waals surface area (Å²) in [4.78, 5) is 24.0. The van der Waals surface area contributed by atoms with E-state index in [1.807, 2.05) is 0 Å². The highest BCUT2D eigenvalue weighted by atomic mass is 16.5. The van der Waals surface area contributed by atoms with Crippen LogP contribution >= 0.6 is 0 Å². The van der Waals surface area contributed by atoms with Gasteiger partial charge in [-0.1, -0.05) is 27.2 Å². The summed E-state index contributed by atoms with van der Waals surface area (Å²) in [5, 5.41) is 2.75. The van der Waals surface area contributed by atoms with Gasteiger partial charge in [-0.3, -0.25) is 9.59 Å². The van der Waals surface area contributed by atoms with E-state index in [4.69, 9.17) is 4.74 Å². The quantitative estimate of drug-likeness (QED) is 0.639. The Morgan fingerprint density at radius 3 is 2.70 bits per heavy atom. The first-order valence-electron chi connectivity index (χ1n) is 7.97. The molecule has 1 N–H and O–H groups in total. The number of amides is 1. The van der Waals surface area contributed by atoms with Gasteiger partial charge < -0.3 is 10.1 Å². The number of piperidine rings is 1. The average Bonchev–Trinajstić information content (AvgIpc) is 2.38. The van der Waals surface area contributed by atoms with E-state index in [1.165, 1.54) is 6.42 Å². The molecule has 0 spiro atoms. The second-order valence-electron chi connectivity index (χ2n) is 6.79. The summed E-state index contributed by atoms with van der Waals surface area (Å²) in [6.07, 6.45) is 4.73. The number of nitrogens with one attached hydrogen (secondary N) is 1. The highest BCUT2D eigenvalue weighted by Gasteiger charge is 2.37. The molecule has 1 heterocycles. The smallest absolute Gasteiger partial charge is 0.318 e. The molecule has 0 aromatic rings. The van der Waals surface area contributed by atoms with Gasteiger partial charge in [-0.2, -0.15) is 0 Å². The molecule has 114 valence electrons. The fourth-order valence-electron chi connectivity index (χ4n) is 3.48. The van der Waals surface area contributed by atoms with E-state index in [-0.39, 0.29) is 18.0 Å². The summed E-state index contributed by atoms with van der Waals surface area (Å²) >= 11 is 0. The number of esters is 1. The van der Waals surface area contributed by atoms with Crippen molar-refractivity contribution in [2.24, 2.45) is 23.7 Å². The van der Waals surface area contributed by atoms with E-state index in [0.29, 0.717) is 30.7 Å². The maximum atomic E-state index is 12.3. The van der Waals surface area contributed by atoms with Crippen LogP contribution in [0.25, 0.3) is 0 Å². The van der Waals surface area contributed by atoms with Crippen LogP contribution in [0, 0.1) is 23.7 Å². The molecule has 1 amide bonds. The molecular weight excluding hydrogens is 254 g/mol. The maximum Gasteiger partial charge on any atom is 0.318 e. The lowest BCUT2D eigenvalue weighted by Crippen LogP contribution is -2.44. The Labute approximate surface area is 121 Å². The maximum absolute atomic E-state index is 12.3. The molecule has 4 atom stereocenters. The van der Waals surface area contributed by atoms with Gasteiger partial charge >= 0.3 is 5.97 Å². The predicted molar refractivity (Wildman–Crippen MR) is 77.0 cm³/mol. The molecule has 1 saturated carbocycles. The molecule has 4 unspecified atom stereocenters. The van der Waals surface area contributed by atoms with Gasteiger partial charge in [-0.25, -0.2) is 0 Å². The third-order valence-corrected chi connectivity index (χ3v) is 4.80. The van der Waals surface area contributed by atoms with Gasteiger partial charge in [0.2, 0.25) is 5.91 Å². The highest BCUT2D eigenvalue weighted by Crippen LogP contribution is 2.35. The van der Waals surface area contributed by atoms with Gasteiger partial charge in [0.25, 0.3) is 0 Å². The molecule has 1 aliphatic carbocycles. The van der Waals surface area contributed by atoms with E-state index >= 15 is 0 Å². The molecule has 0 aromatic heterocycles. The van der Waals surface area contributed by atoms with Gasteiger partial charge in [-0.05, 0) is 43.4 Å². The molecule has 4 heteroatoms. The Bertz CT molecular complexity index is 367. The molecule has 0 radical (unpaired) electrons. The minimum Gasteiger partial charge on any atom is -0.461 e. The van der Waals surface area contributed by atoms with Crippen LogP contribution in [-0.2, 0) is 14.3 Å². The Hall–Kier alpha value is -1.06. The first-order chi connectivity index (χ1) is 9.49. The fraction of sp³-hybridized carbons (Fsp3) is 0.875. The summed E-state index contributed by atoms with van der Waals surface area (Å²) < 4.78 is 5.75. The van der Waals surface area contributed by atoms with Crippen LogP contribution in [0.5, 0.6) is 0 Å². The highest BCUT2D eigenvalue weighted by molar-refractivity contribution is 5.98. The molecule has 2 aliphatic rings. The normalized spacial score (nSPS) is 34.7. The number of carbonyl (C=O) groups excluding carboxylic acids is 2. The topological polar surface area (TPSA) is 55.4 Å². The Kier molecular flexibility index (Phi) is 5.06. The molecule has 1 aliphatic heterocycles. The number of ether oxygens (including phenoxy) is 1. The minimum atomic E-state index is -0.589. The lowest BCUT2D eigenvalue weighted by atomic mass is 9.75.